The number of nitrogens with zero attached hydrogens (tertiary/aromatic N) is 1. The van der Waals surface area contributed by atoms with Gasteiger partial charge in [-0.25, -0.2) is 0 Å². The lowest BCUT2D eigenvalue weighted by molar-refractivity contribution is -0.144. The fraction of sp³-hybridized carbons (Fsp3) is 0.933. The first-order chi connectivity index (χ1) is 9.11. The third-order valence-electron chi connectivity index (χ3n) is 4.40. The van der Waals surface area contributed by atoms with Gasteiger partial charge in [0.05, 0.1) is 12.2 Å². The molecule has 2 saturated heterocycles. The standard InChI is InChI=1S/C15H27NO3/c1-11-9-13(10-12(2)19-11)15(18)16-7-3-5-14(16)6-4-8-17/h11-14,17H,3-10H2,1-2H3. The highest BCUT2D eigenvalue weighted by Crippen LogP contribution is 2.30. The molecule has 0 aliphatic carbocycles. The van der Waals surface area contributed by atoms with Crippen LogP contribution in [0.1, 0.15) is 52.4 Å². The van der Waals surface area contributed by atoms with Gasteiger partial charge < -0.3 is 14.7 Å². The minimum atomic E-state index is 0.133. The maximum Gasteiger partial charge on any atom is 0.226 e. The normalized spacial score (nSPS) is 35.6. The molecule has 4 nitrogen and oxygen atoms in total. The van der Waals surface area contributed by atoms with Crippen LogP contribution in [0.4, 0.5) is 0 Å². The molecule has 3 atom stereocenters. The van der Waals surface area contributed by atoms with Gasteiger partial charge in [0.2, 0.25) is 5.91 Å². The lowest BCUT2D eigenvalue weighted by Crippen LogP contribution is -2.44. The third kappa shape index (κ3) is 3.69. The second-order valence-electron chi connectivity index (χ2n) is 6.12. The maximum absolute atomic E-state index is 12.7. The average Bonchev–Trinajstić information content (AvgIpc) is 2.82. The van der Waals surface area contributed by atoms with E-state index in [1.165, 1.54) is 0 Å². The van der Waals surface area contributed by atoms with Crippen LogP contribution in [0, 0.1) is 5.92 Å². The van der Waals surface area contributed by atoms with Crippen molar-refractivity contribution in [3.05, 3.63) is 0 Å². The van der Waals surface area contributed by atoms with Gasteiger partial charge in [-0.05, 0) is 52.4 Å². The SMILES string of the molecule is CC1CC(C(=O)N2CCCC2CCCO)CC(C)O1. The summed E-state index contributed by atoms with van der Waals surface area (Å²) in [5.41, 5.74) is 0. The van der Waals surface area contributed by atoms with Crippen LogP contribution < -0.4 is 0 Å². The quantitative estimate of drug-likeness (QED) is 0.848. The Morgan fingerprint density at radius 2 is 2.00 bits per heavy atom. The topological polar surface area (TPSA) is 49.8 Å². The Bertz CT molecular complexity index is 298. The molecule has 0 aromatic rings. The minimum absolute atomic E-state index is 0.133. The van der Waals surface area contributed by atoms with Gasteiger partial charge in [-0.2, -0.15) is 0 Å². The zero-order valence-electron chi connectivity index (χ0n) is 12.2. The number of carbonyl (C=O) groups excluding carboxylic acids is 1. The van der Waals surface area contributed by atoms with E-state index in [2.05, 4.69) is 18.7 Å². The van der Waals surface area contributed by atoms with E-state index in [1.54, 1.807) is 0 Å². The van der Waals surface area contributed by atoms with E-state index in [9.17, 15) is 4.79 Å². The molecule has 0 saturated carbocycles. The van der Waals surface area contributed by atoms with Gasteiger partial charge in [0.25, 0.3) is 0 Å². The highest BCUT2D eigenvalue weighted by Gasteiger charge is 2.36. The predicted octanol–water partition coefficient (Wildman–Crippen LogP) is 1.95. The van der Waals surface area contributed by atoms with Crippen molar-refractivity contribution in [3.63, 3.8) is 0 Å². The summed E-state index contributed by atoms with van der Waals surface area (Å²) in [6.45, 7) is 5.24. The second kappa shape index (κ2) is 6.71. The Labute approximate surface area is 116 Å². The lowest BCUT2D eigenvalue weighted by atomic mass is 9.91. The number of aliphatic hydroxyl groups excluding tert-OH is 1. The van der Waals surface area contributed by atoms with Crippen molar-refractivity contribution in [2.75, 3.05) is 13.2 Å². The van der Waals surface area contributed by atoms with Gasteiger partial charge >= 0.3 is 0 Å². The van der Waals surface area contributed by atoms with E-state index < -0.39 is 0 Å². The molecule has 0 spiro atoms. The van der Waals surface area contributed by atoms with Crippen LogP contribution in [-0.2, 0) is 9.53 Å². The molecule has 2 heterocycles. The fourth-order valence-corrected chi connectivity index (χ4v) is 3.59. The second-order valence-corrected chi connectivity index (χ2v) is 6.12. The van der Waals surface area contributed by atoms with Gasteiger partial charge in [-0.15, -0.1) is 0 Å². The van der Waals surface area contributed by atoms with Crippen LogP contribution in [0.15, 0.2) is 0 Å². The Hall–Kier alpha value is -0.610. The molecule has 0 bridgehead atoms. The van der Waals surface area contributed by atoms with Crippen LogP contribution in [0.5, 0.6) is 0 Å². The Morgan fingerprint density at radius 3 is 2.63 bits per heavy atom. The van der Waals surface area contributed by atoms with Gasteiger partial charge in [0.1, 0.15) is 0 Å². The summed E-state index contributed by atoms with van der Waals surface area (Å²) in [6.07, 6.45) is 6.04. The number of aliphatic hydroxyl groups is 1. The average molecular weight is 269 g/mol. The smallest absolute Gasteiger partial charge is 0.226 e. The first-order valence-corrected chi connectivity index (χ1v) is 7.68. The molecule has 3 unspecified atom stereocenters. The summed E-state index contributed by atoms with van der Waals surface area (Å²) in [5, 5.41) is 8.95. The molecular weight excluding hydrogens is 242 g/mol. The molecule has 4 heteroatoms. The Balaban J connectivity index is 1.94. The molecule has 0 aromatic heterocycles. The number of rotatable bonds is 4. The number of amides is 1. The van der Waals surface area contributed by atoms with Crippen LogP contribution >= 0.6 is 0 Å². The van der Waals surface area contributed by atoms with Crippen LogP contribution in [-0.4, -0.2) is 47.3 Å². The van der Waals surface area contributed by atoms with E-state index in [4.69, 9.17) is 9.84 Å². The zero-order chi connectivity index (χ0) is 13.8. The van der Waals surface area contributed by atoms with Crippen molar-refractivity contribution in [2.45, 2.75) is 70.6 Å². The van der Waals surface area contributed by atoms with Crippen LogP contribution in [0.3, 0.4) is 0 Å². The van der Waals surface area contributed by atoms with Crippen LogP contribution in [0.25, 0.3) is 0 Å². The van der Waals surface area contributed by atoms with E-state index in [0.717, 1.165) is 45.1 Å². The highest BCUT2D eigenvalue weighted by atomic mass is 16.5. The third-order valence-corrected chi connectivity index (χ3v) is 4.40. The van der Waals surface area contributed by atoms with Crippen LogP contribution in [0.2, 0.25) is 0 Å². The molecule has 1 N–H and O–H groups in total. The molecule has 0 aromatic carbocycles. The number of carbonyl (C=O) groups is 1. The number of hydrogen-bond donors (Lipinski definition) is 1. The Morgan fingerprint density at radius 1 is 1.32 bits per heavy atom. The van der Waals surface area contributed by atoms with Gasteiger partial charge in [0.15, 0.2) is 0 Å². The van der Waals surface area contributed by atoms with Crippen molar-refractivity contribution in [1.82, 2.24) is 4.90 Å². The van der Waals surface area contributed by atoms with E-state index in [1.807, 2.05) is 0 Å². The Kier molecular flexibility index (Phi) is 5.22. The van der Waals surface area contributed by atoms with Gasteiger partial charge in [-0.3, -0.25) is 4.79 Å². The van der Waals surface area contributed by atoms with Gasteiger partial charge in [0, 0.05) is 25.1 Å². The summed E-state index contributed by atoms with van der Waals surface area (Å²) in [7, 11) is 0. The first-order valence-electron chi connectivity index (χ1n) is 7.68. The summed E-state index contributed by atoms with van der Waals surface area (Å²) in [5.74, 6) is 0.455. The van der Waals surface area contributed by atoms with E-state index in [-0.39, 0.29) is 24.7 Å². The molecule has 2 rings (SSSR count). The number of likely N-dealkylation sites (tertiary alicyclic amines) is 1. The zero-order valence-corrected chi connectivity index (χ0v) is 12.2. The number of hydrogen-bond acceptors (Lipinski definition) is 3. The molecule has 19 heavy (non-hydrogen) atoms. The molecule has 2 aliphatic heterocycles. The van der Waals surface area contributed by atoms with Gasteiger partial charge in [-0.1, -0.05) is 0 Å². The van der Waals surface area contributed by atoms with Crippen molar-refractivity contribution < 1.29 is 14.6 Å². The van der Waals surface area contributed by atoms with E-state index >= 15 is 0 Å². The highest BCUT2D eigenvalue weighted by molar-refractivity contribution is 5.79. The monoisotopic (exact) mass is 269 g/mol. The molecule has 2 aliphatic rings. The van der Waals surface area contributed by atoms with Crippen molar-refractivity contribution in [3.8, 4) is 0 Å². The summed E-state index contributed by atoms with van der Waals surface area (Å²) in [4.78, 5) is 14.7. The van der Waals surface area contributed by atoms with Crippen molar-refractivity contribution in [2.24, 2.45) is 5.92 Å². The molecule has 110 valence electrons. The first kappa shape index (κ1) is 14.8. The summed E-state index contributed by atoms with van der Waals surface area (Å²) >= 11 is 0. The predicted molar refractivity (Wildman–Crippen MR) is 73.8 cm³/mol. The largest absolute Gasteiger partial charge is 0.396 e. The van der Waals surface area contributed by atoms with Crippen molar-refractivity contribution >= 4 is 5.91 Å². The van der Waals surface area contributed by atoms with E-state index in [0.29, 0.717) is 11.9 Å². The molecular formula is C15H27NO3. The number of ether oxygens (including phenoxy) is 1. The maximum atomic E-state index is 12.7. The van der Waals surface area contributed by atoms with Crippen molar-refractivity contribution in [1.29, 1.82) is 0 Å². The molecule has 0 radical (unpaired) electrons. The summed E-state index contributed by atoms with van der Waals surface area (Å²) in [6, 6.07) is 0.355. The lowest BCUT2D eigenvalue weighted by Gasteiger charge is -2.35. The fourth-order valence-electron chi connectivity index (χ4n) is 3.59. The molecule has 1 amide bonds. The summed E-state index contributed by atoms with van der Waals surface area (Å²) < 4.78 is 5.72. The molecule has 2 fully saturated rings. The minimum Gasteiger partial charge on any atom is -0.396 e.